The molecule has 5 rings (SSSR count). The summed E-state index contributed by atoms with van der Waals surface area (Å²) in [5.41, 5.74) is 7.98. The van der Waals surface area contributed by atoms with Crippen LogP contribution in [-0.2, 0) is 4.79 Å². The second-order valence-corrected chi connectivity index (χ2v) is 8.62. The number of nitrogens with one attached hydrogen (secondary N) is 3. The van der Waals surface area contributed by atoms with Crippen molar-refractivity contribution in [1.82, 2.24) is 15.3 Å². The van der Waals surface area contributed by atoms with Crippen LogP contribution < -0.4 is 21.7 Å². The van der Waals surface area contributed by atoms with Crippen LogP contribution in [0, 0.1) is 5.82 Å². The van der Waals surface area contributed by atoms with Gasteiger partial charge in [-0.15, -0.1) is 0 Å². The lowest BCUT2D eigenvalue weighted by atomic mass is 9.95. The largest absolute Gasteiger partial charge is 0.478 e. The van der Waals surface area contributed by atoms with Gasteiger partial charge in [0, 0.05) is 23.5 Å². The normalized spacial score (nSPS) is 15.1. The topological polar surface area (TPSA) is 168 Å². The first-order chi connectivity index (χ1) is 18.2. The van der Waals surface area contributed by atoms with Crippen molar-refractivity contribution >= 4 is 58.1 Å². The molecule has 1 aliphatic heterocycles. The molecule has 1 amide bonds. The number of nitrogen functional groups attached to an aromatic ring is 1. The third-order valence-corrected chi connectivity index (χ3v) is 6.10. The monoisotopic (exact) mass is 535 g/mol. The highest BCUT2D eigenvalue weighted by Gasteiger charge is 2.32. The number of benzene rings is 2. The van der Waals surface area contributed by atoms with E-state index in [4.69, 9.17) is 21.8 Å². The number of aromatic nitrogens is 2. The molecule has 3 heterocycles. The summed E-state index contributed by atoms with van der Waals surface area (Å²) in [5.74, 6) is -2.00. The van der Waals surface area contributed by atoms with Gasteiger partial charge in [0.2, 0.25) is 5.96 Å². The summed E-state index contributed by atoms with van der Waals surface area (Å²) in [6.07, 6.45) is 1.28. The molecule has 4 aromatic rings. The van der Waals surface area contributed by atoms with Gasteiger partial charge in [-0.25, -0.2) is 19.2 Å². The first-order valence-electron chi connectivity index (χ1n) is 11.1. The Hall–Kier alpha value is -4.97. The number of carboxylic acids is 1. The van der Waals surface area contributed by atoms with E-state index >= 15 is 0 Å². The summed E-state index contributed by atoms with van der Waals surface area (Å²) in [7, 11) is 0. The van der Waals surface area contributed by atoms with Crippen LogP contribution in [0.15, 0.2) is 75.4 Å². The zero-order chi connectivity index (χ0) is 27.0. The van der Waals surface area contributed by atoms with Crippen LogP contribution in [0.4, 0.5) is 21.9 Å². The molecule has 13 heteroatoms. The molecule has 1 unspecified atom stereocenters. The molecule has 1 aliphatic rings. The number of carbonyl (C=O) groups excluding carboxylic acids is 1. The van der Waals surface area contributed by atoms with Crippen molar-refractivity contribution in [3.63, 3.8) is 0 Å². The zero-order valence-electron chi connectivity index (χ0n) is 19.6. The van der Waals surface area contributed by atoms with Crippen molar-refractivity contribution < 1.29 is 23.5 Å². The van der Waals surface area contributed by atoms with E-state index in [0.717, 1.165) is 0 Å². The average molecular weight is 536 g/mol. The number of carboxylic acid groups (broad SMARTS) is 1. The lowest BCUT2D eigenvalue weighted by Crippen LogP contribution is -2.37. The second kappa shape index (κ2) is 9.82. The number of amides is 1. The molecule has 0 saturated carbocycles. The van der Waals surface area contributed by atoms with Crippen LogP contribution >= 0.6 is 11.6 Å². The molecule has 0 spiro atoms. The molecule has 0 aliphatic carbocycles. The number of rotatable bonds is 5. The quantitative estimate of drug-likeness (QED) is 0.234. The third-order valence-electron chi connectivity index (χ3n) is 5.66. The molecule has 0 radical (unpaired) electrons. The highest BCUT2D eigenvalue weighted by Crippen LogP contribution is 2.37. The minimum absolute atomic E-state index is 0.0408. The molecular formula is C25H19ClFN7O4. The van der Waals surface area contributed by atoms with Gasteiger partial charge in [-0.2, -0.15) is 4.98 Å². The van der Waals surface area contributed by atoms with Crippen molar-refractivity contribution in [2.24, 2.45) is 4.99 Å². The number of hydrogen-bond donors (Lipinski definition) is 5. The summed E-state index contributed by atoms with van der Waals surface area (Å²) < 4.78 is 19.1. The Morgan fingerprint density at radius 1 is 1.21 bits per heavy atom. The number of oxazole rings is 1. The van der Waals surface area contributed by atoms with E-state index in [0.29, 0.717) is 22.5 Å². The highest BCUT2D eigenvalue weighted by molar-refractivity contribution is 6.34. The van der Waals surface area contributed by atoms with Crippen molar-refractivity contribution in [2.75, 3.05) is 16.4 Å². The van der Waals surface area contributed by atoms with Crippen LogP contribution in [0.2, 0.25) is 5.02 Å². The molecule has 11 nitrogen and oxygen atoms in total. The maximum absolute atomic E-state index is 13.6. The first kappa shape index (κ1) is 24.7. The number of allylic oxidation sites excluding steroid dienone is 1. The summed E-state index contributed by atoms with van der Waals surface area (Å²) in [6.45, 7) is 1.65. The van der Waals surface area contributed by atoms with Gasteiger partial charge in [-0.1, -0.05) is 23.7 Å². The van der Waals surface area contributed by atoms with E-state index < -0.39 is 23.7 Å². The SMILES string of the molecule is CC1=C(C(=O)Nc2cc(C(=O)O)ccn2)C(c2cccc(N)c2Cl)N=C(Nc2nc3ccc(F)cc3o2)N1. The van der Waals surface area contributed by atoms with Gasteiger partial charge in [0.1, 0.15) is 23.2 Å². The maximum atomic E-state index is 13.6. The van der Waals surface area contributed by atoms with Gasteiger partial charge in [0.15, 0.2) is 5.58 Å². The Bertz CT molecular complexity index is 1670. The maximum Gasteiger partial charge on any atom is 0.335 e. The van der Waals surface area contributed by atoms with Gasteiger partial charge in [-0.05, 0) is 37.3 Å². The zero-order valence-corrected chi connectivity index (χ0v) is 20.4. The van der Waals surface area contributed by atoms with E-state index in [1.807, 2.05) is 0 Å². The molecule has 0 saturated heterocycles. The van der Waals surface area contributed by atoms with Crippen LogP contribution in [-0.4, -0.2) is 32.9 Å². The van der Waals surface area contributed by atoms with Crippen molar-refractivity contribution in [3.05, 3.63) is 88.0 Å². The molecule has 0 bridgehead atoms. The molecule has 2 aromatic carbocycles. The number of fused-ring (bicyclic) bond motifs is 1. The number of nitrogens with zero attached hydrogens (tertiary/aromatic N) is 3. The standard InChI is InChI=1S/C25H19ClFN7O4/c1-11-19(22(35)32-18-9-12(23(36)37)7-8-29-18)21(14-3-2-4-15(28)20(14)26)33-24(30-11)34-25-31-16-6-5-13(27)10-17(16)38-25/h2-10,21H,28H2,1H3,(H,36,37)(H,29,32,35)(H2,30,31,33,34). The lowest BCUT2D eigenvalue weighted by Gasteiger charge is -2.27. The van der Waals surface area contributed by atoms with E-state index in [9.17, 15) is 19.1 Å². The number of pyridine rings is 1. The summed E-state index contributed by atoms with van der Waals surface area (Å²) >= 11 is 6.50. The number of aliphatic imine (C=N–C) groups is 1. The van der Waals surface area contributed by atoms with Crippen LogP contribution in [0.25, 0.3) is 11.1 Å². The number of halogens is 2. The fourth-order valence-corrected chi connectivity index (χ4v) is 4.14. The van der Waals surface area contributed by atoms with Crippen LogP contribution in [0.3, 0.4) is 0 Å². The number of aromatic carboxylic acids is 1. The summed E-state index contributed by atoms with van der Waals surface area (Å²) in [6, 6.07) is 10.6. The molecular weight excluding hydrogens is 517 g/mol. The minimum atomic E-state index is -1.16. The summed E-state index contributed by atoms with van der Waals surface area (Å²) in [4.78, 5) is 37.7. The van der Waals surface area contributed by atoms with Gasteiger partial charge in [0.05, 0.1) is 21.8 Å². The number of guanidine groups is 1. The minimum Gasteiger partial charge on any atom is -0.478 e. The predicted octanol–water partition coefficient (Wildman–Crippen LogP) is 4.32. The van der Waals surface area contributed by atoms with Gasteiger partial charge in [0.25, 0.3) is 5.91 Å². The first-order valence-corrected chi connectivity index (χ1v) is 11.5. The highest BCUT2D eigenvalue weighted by atomic mass is 35.5. The van der Waals surface area contributed by atoms with Crippen LogP contribution in [0.5, 0.6) is 0 Å². The fourth-order valence-electron chi connectivity index (χ4n) is 3.91. The van der Waals surface area contributed by atoms with Crippen LogP contribution in [0.1, 0.15) is 28.9 Å². The molecule has 192 valence electrons. The Balaban J connectivity index is 1.50. The Morgan fingerprint density at radius 3 is 2.82 bits per heavy atom. The van der Waals surface area contributed by atoms with E-state index in [1.54, 1.807) is 25.1 Å². The van der Waals surface area contributed by atoms with Crippen molar-refractivity contribution in [2.45, 2.75) is 13.0 Å². The molecule has 0 fully saturated rings. The lowest BCUT2D eigenvalue weighted by molar-refractivity contribution is -0.113. The Labute approximate surface area is 219 Å². The Kier molecular flexibility index (Phi) is 6.39. The number of anilines is 3. The van der Waals surface area contributed by atoms with E-state index in [-0.39, 0.29) is 39.5 Å². The third kappa shape index (κ3) is 4.84. The fraction of sp³-hybridized carbons (Fsp3) is 0.0800. The molecule has 2 aromatic heterocycles. The van der Waals surface area contributed by atoms with E-state index in [2.05, 4.69) is 30.9 Å². The smallest absolute Gasteiger partial charge is 0.335 e. The average Bonchev–Trinajstić information content (AvgIpc) is 3.26. The number of carbonyl (C=O) groups is 2. The Morgan fingerprint density at radius 2 is 2.03 bits per heavy atom. The number of nitrogens with two attached hydrogens (primary N) is 1. The van der Waals surface area contributed by atoms with Gasteiger partial charge >= 0.3 is 12.0 Å². The number of hydrogen-bond acceptors (Lipinski definition) is 9. The van der Waals surface area contributed by atoms with Crippen molar-refractivity contribution in [1.29, 1.82) is 0 Å². The second-order valence-electron chi connectivity index (χ2n) is 8.24. The molecule has 6 N–H and O–H groups in total. The van der Waals surface area contributed by atoms with E-state index in [1.165, 1.54) is 36.5 Å². The predicted molar refractivity (Wildman–Crippen MR) is 139 cm³/mol. The molecule has 38 heavy (non-hydrogen) atoms. The van der Waals surface area contributed by atoms with Crippen molar-refractivity contribution in [3.8, 4) is 0 Å². The molecule has 1 atom stereocenters. The summed E-state index contributed by atoms with van der Waals surface area (Å²) in [5, 5.41) is 18.0. The van der Waals surface area contributed by atoms with Gasteiger partial charge in [-0.3, -0.25) is 10.1 Å². The van der Waals surface area contributed by atoms with Gasteiger partial charge < -0.3 is 25.9 Å².